The van der Waals surface area contributed by atoms with Crippen LogP contribution >= 0.6 is 0 Å². The van der Waals surface area contributed by atoms with E-state index in [4.69, 9.17) is 4.84 Å². The first-order valence-electron chi connectivity index (χ1n) is 6.06. The fraction of sp³-hybridized carbons (Fsp3) is 0.200. The number of rotatable bonds is 4. The van der Waals surface area contributed by atoms with E-state index in [9.17, 15) is 4.79 Å². The van der Waals surface area contributed by atoms with E-state index in [1.54, 1.807) is 12.3 Å². The van der Waals surface area contributed by atoms with Crippen molar-refractivity contribution < 1.29 is 4.84 Å². The van der Waals surface area contributed by atoms with Crippen LogP contribution in [-0.4, -0.2) is 10.7 Å². The van der Waals surface area contributed by atoms with Crippen LogP contribution in [0, 0.1) is 6.92 Å². The topological polar surface area (TPSA) is 54.4 Å². The van der Waals surface area contributed by atoms with Gasteiger partial charge in [0.1, 0.15) is 6.61 Å². The summed E-state index contributed by atoms with van der Waals surface area (Å²) in [7, 11) is 0. The van der Waals surface area contributed by atoms with Crippen molar-refractivity contribution in [2.75, 3.05) is 0 Å². The third kappa shape index (κ3) is 3.81. The number of nitrogens with zero attached hydrogens (tertiary/aromatic N) is 1. The van der Waals surface area contributed by atoms with Crippen LogP contribution in [0.1, 0.15) is 23.6 Å². The SMILES string of the molecule is CC(=NOCc1ccc(C)cc1)c1ccc(=O)[nH]c1. The van der Waals surface area contributed by atoms with Crippen LogP contribution in [0.2, 0.25) is 0 Å². The molecule has 0 bridgehead atoms. The Morgan fingerprint density at radius 1 is 1.21 bits per heavy atom. The van der Waals surface area contributed by atoms with E-state index in [1.165, 1.54) is 11.6 Å². The van der Waals surface area contributed by atoms with Crippen LogP contribution in [0.5, 0.6) is 0 Å². The molecule has 0 aliphatic heterocycles. The minimum Gasteiger partial charge on any atom is -0.391 e. The van der Waals surface area contributed by atoms with Crippen molar-refractivity contribution in [2.24, 2.45) is 5.16 Å². The number of hydrogen-bond donors (Lipinski definition) is 1. The van der Waals surface area contributed by atoms with E-state index in [-0.39, 0.29) is 5.56 Å². The Kier molecular flexibility index (Phi) is 4.13. The number of hydrogen-bond acceptors (Lipinski definition) is 3. The lowest BCUT2D eigenvalue weighted by Crippen LogP contribution is -2.06. The normalized spacial score (nSPS) is 11.4. The minimum absolute atomic E-state index is 0.128. The summed E-state index contributed by atoms with van der Waals surface area (Å²) in [5.41, 5.74) is 3.73. The number of pyridine rings is 1. The molecule has 4 heteroatoms. The molecule has 0 fully saturated rings. The lowest BCUT2D eigenvalue weighted by atomic mass is 10.2. The van der Waals surface area contributed by atoms with Gasteiger partial charge in [0.05, 0.1) is 5.71 Å². The number of aromatic nitrogens is 1. The molecule has 0 aliphatic rings. The van der Waals surface area contributed by atoms with Gasteiger partial charge in [0.2, 0.25) is 5.56 Å². The van der Waals surface area contributed by atoms with Crippen molar-refractivity contribution in [3.05, 3.63) is 69.6 Å². The first kappa shape index (κ1) is 13.1. The number of nitrogens with one attached hydrogen (secondary N) is 1. The Balaban J connectivity index is 1.96. The maximum atomic E-state index is 10.9. The molecule has 1 aromatic heterocycles. The van der Waals surface area contributed by atoms with E-state index < -0.39 is 0 Å². The number of H-pyrrole nitrogens is 1. The molecule has 98 valence electrons. The first-order chi connectivity index (χ1) is 9.15. The molecule has 2 aromatic rings. The van der Waals surface area contributed by atoms with Crippen LogP contribution in [0.4, 0.5) is 0 Å². The van der Waals surface area contributed by atoms with E-state index in [2.05, 4.69) is 10.1 Å². The fourth-order valence-electron chi connectivity index (χ4n) is 1.58. The van der Waals surface area contributed by atoms with Crippen molar-refractivity contribution in [1.82, 2.24) is 4.98 Å². The van der Waals surface area contributed by atoms with Crippen LogP contribution in [-0.2, 0) is 11.4 Å². The first-order valence-corrected chi connectivity index (χ1v) is 6.06. The second kappa shape index (κ2) is 6.00. The largest absolute Gasteiger partial charge is 0.391 e. The Morgan fingerprint density at radius 2 is 1.95 bits per heavy atom. The summed E-state index contributed by atoms with van der Waals surface area (Å²) < 4.78 is 0. The third-order valence-electron chi connectivity index (χ3n) is 2.76. The summed E-state index contributed by atoms with van der Waals surface area (Å²) in [6, 6.07) is 11.3. The summed E-state index contributed by atoms with van der Waals surface area (Å²) >= 11 is 0. The zero-order valence-corrected chi connectivity index (χ0v) is 11.0. The summed E-state index contributed by atoms with van der Waals surface area (Å²) in [4.78, 5) is 18.8. The highest BCUT2D eigenvalue weighted by molar-refractivity contribution is 5.97. The Labute approximate surface area is 111 Å². The summed E-state index contributed by atoms with van der Waals surface area (Å²) in [6.45, 7) is 4.31. The third-order valence-corrected chi connectivity index (χ3v) is 2.76. The fourth-order valence-corrected chi connectivity index (χ4v) is 1.58. The van der Waals surface area contributed by atoms with Crippen molar-refractivity contribution >= 4 is 5.71 Å². The second-order valence-electron chi connectivity index (χ2n) is 4.38. The minimum atomic E-state index is -0.128. The quantitative estimate of drug-likeness (QED) is 0.675. The molecule has 4 nitrogen and oxygen atoms in total. The molecule has 19 heavy (non-hydrogen) atoms. The maximum absolute atomic E-state index is 10.9. The number of benzene rings is 1. The maximum Gasteiger partial charge on any atom is 0.247 e. The Morgan fingerprint density at radius 3 is 2.58 bits per heavy atom. The molecule has 0 spiro atoms. The standard InChI is InChI=1S/C15H16N2O2/c1-11-3-5-13(6-4-11)10-19-17-12(2)14-7-8-15(18)16-9-14/h3-9H,10H2,1-2H3,(H,16,18). The van der Waals surface area contributed by atoms with Crippen molar-refractivity contribution in [3.8, 4) is 0 Å². The molecule has 0 aliphatic carbocycles. The molecule has 2 rings (SSSR count). The van der Waals surface area contributed by atoms with Gasteiger partial charge in [0, 0.05) is 17.8 Å². The van der Waals surface area contributed by atoms with Gasteiger partial charge in [-0.15, -0.1) is 0 Å². The number of oxime groups is 1. The van der Waals surface area contributed by atoms with Gasteiger partial charge < -0.3 is 9.82 Å². The van der Waals surface area contributed by atoms with E-state index in [1.807, 2.05) is 38.1 Å². The molecule has 1 aromatic carbocycles. The van der Waals surface area contributed by atoms with Gasteiger partial charge in [-0.25, -0.2) is 0 Å². The predicted octanol–water partition coefficient (Wildman–Crippen LogP) is 2.62. The highest BCUT2D eigenvalue weighted by Gasteiger charge is 1.98. The molecule has 0 saturated carbocycles. The number of aromatic amines is 1. The van der Waals surface area contributed by atoms with Crippen molar-refractivity contribution in [2.45, 2.75) is 20.5 Å². The van der Waals surface area contributed by atoms with Gasteiger partial charge in [-0.1, -0.05) is 35.0 Å². The summed E-state index contributed by atoms with van der Waals surface area (Å²) in [5.74, 6) is 0. The predicted molar refractivity (Wildman–Crippen MR) is 75.2 cm³/mol. The van der Waals surface area contributed by atoms with Crippen molar-refractivity contribution in [3.63, 3.8) is 0 Å². The van der Waals surface area contributed by atoms with Gasteiger partial charge >= 0.3 is 0 Å². The van der Waals surface area contributed by atoms with Crippen LogP contribution in [0.3, 0.4) is 0 Å². The van der Waals surface area contributed by atoms with Gasteiger partial charge in [-0.05, 0) is 25.5 Å². The monoisotopic (exact) mass is 256 g/mol. The number of aryl methyl sites for hydroxylation is 1. The van der Waals surface area contributed by atoms with E-state index in [0.29, 0.717) is 6.61 Å². The van der Waals surface area contributed by atoms with Crippen molar-refractivity contribution in [1.29, 1.82) is 0 Å². The Bertz CT molecular complexity index is 607. The highest BCUT2D eigenvalue weighted by atomic mass is 16.6. The molecule has 0 unspecified atom stereocenters. The van der Waals surface area contributed by atoms with Crippen LogP contribution in [0.25, 0.3) is 0 Å². The summed E-state index contributed by atoms with van der Waals surface area (Å²) in [5, 5.41) is 4.04. The second-order valence-corrected chi connectivity index (χ2v) is 4.38. The molecule has 1 heterocycles. The molecule has 0 saturated heterocycles. The zero-order chi connectivity index (χ0) is 13.7. The van der Waals surface area contributed by atoms with E-state index >= 15 is 0 Å². The van der Waals surface area contributed by atoms with E-state index in [0.717, 1.165) is 16.8 Å². The molecule has 1 N–H and O–H groups in total. The lowest BCUT2D eigenvalue weighted by Gasteiger charge is -2.03. The Hall–Kier alpha value is -2.36. The van der Waals surface area contributed by atoms with Gasteiger partial charge in [-0.3, -0.25) is 4.79 Å². The average molecular weight is 256 g/mol. The van der Waals surface area contributed by atoms with Crippen LogP contribution < -0.4 is 5.56 Å². The average Bonchev–Trinajstić information content (AvgIpc) is 2.41. The van der Waals surface area contributed by atoms with Crippen LogP contribution in [0.15, 0.2) is 52.5 Å². The lowest BCUT2D eigenvalue weighted by molar-refractivity contribution is 0.130. The molecular formula is C15H16N2O2. The molecule has 0 radical (unpaired) electrons. The molecule has 0 amide bonds. The van der Waals surface area contributed by atoms with Gasteiger partial charge in [-0.2, -0.15) is 0 Å². The molecule has 0 atom stereocenters. The highest BCUT2D eigenvalue weighted by Crippen LogP contribution is 2.05. The smallest absolute Gasteiger partial charge is 0.247 e. The van der Waals surface area contributed by atoms with Gasteiger partial charge in [0.25, 0.3) is 0 Å². The zero-order valence-electron chi connectivity index (χ0n) is 11.0. The summed E-state index contributed by atoms with van der Waals surface area (Å²) in [6.07, 6.45) is 1.62. The molecular weight excluding hydrogens is 240 g/mol. The van der Waals surface area contributed by atoms with Gasteiger partial charge in [0.15, 0.2) is 0 Å².